The van der Waals surface area contributed by atoms with E-state index in [4.69, 9.17) is 11.1 Å². The van der Waals surface area contributed by atoms with Crippen molar-refractivity contribution >= 4 is 23.5 Å². The highest BCUT2D eigenvalue weighted by Crippen LogP contribution is 2.27. The highest BCUT2D eigenvalue weighted by atomic mass is 32.2. The number of hydrogen-bond donors (Lipinski definition) is 3. The molecule has 1 aliphatic rings. The van der Waals surface area contributed by atoms with Gasteiger partial charge in [0.15, 0.2) is 0 Å². The summed E-state index contributed by atoms with van der Waals surface area (Å²) in [5.41, 5.74) is 7.31. The number of thioether (sulfide) groups is 1. The van der Waals surface area contributed by atoms with Crippen molar-refractivity contribution in [3.8, 4) is 0 Å². The zero-order chi connectivity index (χ0) is 13.1. The van der Waals surface area contributed by atoms with Crippen molar-refractivity contribution in [3.63, 3.8) is 0 Å². The summed E-state index contributed by atoms with van der Waals surface area (Å²) in [7, 11) is 0. The number of nitrogens with two attached hydrogens (primary N) is 1. The van der Waals surface area contributed by atoms with E-state index in [1.165, 1.54) is 11.8 Å². The number of carbonyl (C=O) groups is 1. The molecule has 18 heavy (non-hydrogen) atoms. The van der Waals surface area contributed by atoms with Gasteiger partial charge >= 0.3 is 0 Å². The molecule has 4 N–H and O–H groups in total. The zero-order valence-electron chi connectivity index (χ0n) is 10.3. The van der Waals surface area contributed by atoms with Gasteiger partial charge in [0.1, 0.15) is 5.84 Å². The molecule has 5 heteroatoms. The maximum absolute atomic E-state index is 11.6. The van der Waals surface area contributed by atoms with Gasteiger partial charge in [0.2, 0.25) is 5.91 Å². The number of nitrogen functional groups attached to an aromatic ring is 1. The second-order valence-corrected chi connectivity index (χ2v) is 5.48. The van der Waals surface area contributed by atoms with Crippen molar-refractivity contribution in [1.29, 1.82) is 5.41 Å². The van der Waals surface area contributed by atoms with Crippen molar-refractivity contribution in [2.75, 3.05) is 5.75 Å². The Hall–Kier alpha value is -1.49. The van der Waals surface area contributed by atoms with Crippen LogP contribution in [0.1, 0.15) is 24.0 Å². The largest absolute Gasteiger partial charge is 0.384 e. The van der Waals surface area contributed by atoms with E-state index in [2.05, 4.69) is 5.32 Å². The zero-order valence-corrected chi connectivity index (χ0v) is 11.1. The number of carbonyl (C=O) groups excluding carboxylic acids is 1. The third-order valence-corrected chi connectivity index (χ3v) is 4.03. The first kappa shape index (κ1) is 13.0. The van der Waals surface area contributed by atoms with Gasteiger partial charge in [-0.25, -0.2) is 0 Å². The smallest absolute Gasteiger partial charge is 0.230 e. The second kappa shape index (κ2) is 5.44. The van der Waals surface area contributed by atoms with Crippen molar-refractivity contribution in [3.05, 3.63) is 29.3 Å². The van der Waals surface area contributed by atoms with Crippen molar-refractivity contribution in [2.24, 2.45) is 5.73 Å². The molecule has 0 aliphatic heterocycles. The highest BCUT2D eigenvalue weighted by Gasteiger charge is 2.23. The van der Waals surface area contributed by atoms with E-state index in [1.54, 1.807) is 0 Å². The minimum atomic E-state index is 0.0452. The minimum Gasteiger partial charge on any atom is -0.384 e. The van der Waals surface area contributed by atoms with Crippen LogP contribution in [0.5, 0.6) is 0 Å². The number of benzene rings is 1. The standard InChI is InChI=1S/C13H17N3OS/c1-8-3-2-4-10(13(14)15)12(8)18-7-11(17)16-9-5-6-9/h2-4,9H,5-7H2,1H3,(H3,14,15)(H,16,17). The van der Waals surface area contributed by atoms with Crippen LogP contribution < -0.4 is 11.1 Å². The number of hydrogen-bond acceptors (Lipinski definition) is 3. The summed E-state index contributed by atoms with van der Waals surface area (Å²) in [6.45, 7) is 1.97. The fourth-order valence-corrected chi connectivity index (χ4v) is 2.68. The lowest BCUT2D eigenvalue weighted by Crippen LogP contribution is -2.27. The summed E-state index contributed by atoms with van der Waals surface area (Å²) in [5.74, 6) is 0.478. The van der Waals surface area contributed by atoms with Crippen molar-refractivity contribution in [1.82, 2.24) is 5.32 Å². The van der Waals surface area contributed by atoms with E-state index in [0.29, 0.717) is 17.4 Å². The van der Waals surface area contributed by atoms with E-state index in [0.717, 1.165) is 23.3 Å². The molecule has 1 amide bonds. The Bertz CT molecular complexity index is 483. The Labute approximate surface area is 111 Å². The lowest BCUT2D eigenvalue weighted by molar-refractivity contribution is -0.118. The maximum atomic E-state index is 11.6. The molecule has 0 heterocycles. The quantitative estimate of drug-likeness (QED) is 0.429. The Balaban J connectivity index is 2.03. The van der Waals surface area contributed by atoms with Gasteiger partial charge < -0.3 is 11.1 Å². The van der Waals surface area contributed by atoms with E-state index in [9.17, 15) is 4.79 Å². The van der Waals surface area contributed by atoms with E-state index < -0.39 is 0 Å². The third-order valence-electron chi connectivity index (χ3n) is 2.79. The third kappa shape index (κ3) is 3.26. The fourth-order valence-electron chi connectivity index (χ4n) is 1.69. The van der Waals surface area contributed by atoms with Crippen LogP contribution >= 0.6 is 11.8 Å². The molecule has 0 unspecified atom stereocenters. The van der Waals surface area contributed by atoms with Crippen LogP contribution in [0.2, 0.25) is 0 Å². The summed E-state index contributed by atoms with van der Waals surface area (Å²) in [4.78, 5) is 12.6. The van der Waals surface area contributed by atoms with Crippen LogP contribution in [0.15, 0.2) is 23.1 Å². The molecule has 2 rings (SSSR count). The Kier molecular flexibility index (Phi) is 3.91. The van der Waals surface area contributed by atoms with Gasteiger partial charge in [-0.15, -0.1) is 11.8 Å². The molecule has 0 radical (unpaired) electrons. The van der Waals surface area contributed by atoms with Gasteiger partial charge in [-0.1, -0.05) is 18.2 Å². The molecule has 0 aromatic heterocycles. The van der Waals surface area contributed by atoms with Crippen LogP contribution in [-0.2, 0) is 4.79 Å². The number of amidine groups is 1. The van der Waals surface area contributed by atoms with Gasteiger partial charge in [0, 0.05) is 16.5 Å². The molecule has 0 saturated heterocycles. The SMILES string of the molecule is Cc1cccc(C(=N)N)c1SCC(=O)NC1CC1. The first-order valence-corrected chi connectivity index (χ1v) is 6.92. The summed E-state index contributed by atoms with van der Waals surface area (Å²) in [6, 6.07) is 6.05. The number of aryl methyl sites for hydroxylation is 1. The summed E-state index contributed by atoms with van der Waals surface area (Å²) in [5, 5.41) is 10.5. The predicted molar refractivity (Wildman–Crippen MR) is 74.1 cm³/mol. The minimum absolute atomic E-state index is 0.0452. The van der Waals surface area contributed by atoms with Gasteiger partial charge in [-0.05, 0) is 25.3 Å². The molecule has 1 fully saturated rings. The van der Waals surface area contributed by atoms with Crippen LogP contribution in [0.3, 0.4) is 0 Å². The second-order valence-electron chi connectivity index (χ2n) is 4.50. The summed E-state index contributed by atoms with van der Waals surface area (Å²) < 4.78 is 0. The van der Waals surface area contributed by atoms with Gasteiger partial charge in [-0.3, -0.25) is 10.2 Å². The average molecular weight is 263 g/mol. The number of nitrogens with one attached hydrogen (secondary N) is 2. The monoisotopic (exact) mass is 263 g/mol. The van der Waals surface area contributed by atoms with Gasteiger partial charge in [0.25, 0.3) is 0 Å². The maximum Gasteiger partial charge on any atom is 0.230 e. The molecule has 1 aliphatic carbocycles. The van der Waals surface area contributed by atoms with Gasteiger partial charge in [0.05, 0.1) is 5.75 Å². The van der Waals surface area contributed by atoms with Crippen LogP contribution in [0.25, 0.3) is 0 Å². The number of amides is 1. The fraction of sp³-hybridized carbons (Fsp3) is 0.385. The van der Waals surface area contributed by atoms with Crippen LogP contribution in [-0.4, -0.2) is 23.5 Å². The van der Waals surface area contributed by atoms with E-state index in [-0.39, 0.29) is 11.7 Å². The lowest BCUT2D eigenvalue weighted by Gasteiger charge is -2.11. The lowest BCUT2D eigenvalue weighted by atomic mass is 10.1. The first-order chi connectivity index (χ1) is 8.58. The molecule has 0 spiro atoms. The highest BCUT2D eigenvalue weighted by molar-refractivity contribution is 8.00. The Morgan fingerprint density at radius 2 is 2.28 bits per heavy atom. The molecular formula is C13H17N3OS. The van der Waals surface area contributed by atoms with Crippen molar-refractivity contribution < 1.29 is 4.79 Å². The molecule has 1 aromatic carbocycles. The molecule has 96 valence electrons. The Morgan fingerprint density at radius 1 is 1.56 bits per heavy atom. The topological polar surface area (TPSA) is 79.0 Å². The van der Waals surface area contributed by atoms with Gasteiger partial charge in [-0.2, -0.15) is 0 Å². The van der Waals surface area contributed by atoms with Crippen LogP contribution in [0, 0.1) is 12.3 Å². The normalized spacial score (nSPS) is 14.3. The van der Waals surface area contributed by atoms with E-state index >= 15 is 0 Å². The summed E-state index contributed by atoms with van der Waals surface area (Å²) >= 11 is 1.45. The van der Waals surface area contributed by atoms with Crippen molar-refractivity contribution in [2.45, 2.75) is 30.7 Å². The molecule has 1 aromatic rings. The van der Waals surface area contributed by atoms with Crippen LogP contribution in [0.4, 0.5) is 0 Å². The molecule has 0 atom stereocenters. The first-order valence-electron chi connectivity index (χ1n) is 5.94. The molecule has 1 saturated carbocycles. The molecular weight excluding hydrogens is 246 g/mol. The Morgan fingerprint density at radius 3 is 2.89 bits per heavy atom. The average Bonchev–Trinajstić information content (AvgIpc) is 3.10. The molecule has 4 nitrogen and oxygen atoms in total. The summed E-state index contributed by atoms with van der Waals surface area (Å²) in [6.07, 6.45) is 2.19. The number of rotatable bonds is 5. The molecule has 0 bridgehead atoms. The van der Waals surface area contributed by atoms with E-state index in [1.807, 2.05) is 25.1 Å². The predicted octanol–water partition coefficient (Wildman–Crippen LogP) is 1.65.